The largest absolute Gasteiger partial charge is 0.369 e. The van der Waals surface area contributed by atoms with Crippen LogP contribution in [-0.4, -0.2) is 16.9 Å². The second kappa shape index (κ2) is 5.64. The molecule has 78 valence electrons. The minimum absolute atomic E-state index is 0.147. The van der Waals surface area contributed by atoms with Gasteiger partial charge >= 0.3 is 0 Å². The molecule has 0 bridgehead atoms. The molecule has 0 aromatic carbocycles. The molecule has 1 heterocycles. The van der Waals surface area contributed by atoms with Crippen molar-refractivity contribution in [3.63, 3.8) is 0 Å². The van der Waals surface area contributed by atoms with Crippen LogP contribution in [0, 0.1) is 0 Å². The van der Waals surface area contributed by atoms with E-state index in [1.807, 2.05) is 6.92 Å². The lowest BCUT2D eigenvalue weighted by Gasteiger charge is -2.07. The van der Waals surface area contributed by atoms with Gasteiger partial charge in [-0.2, -0.15) is 0 Å². The van der Waals surface area contributed by atoms with E-state index in [1.54, 1.807) is 12.3 Å². The summed E-state index contributed by atoms with van der Waals surface area (Å²) in [7, 11) is 0. The van der Waals surface area contributed by atoms with Crippen LogP contribution in [0.25, 0.3) is 0 Å². The Morgan fingerprint density at radius 3 is 2.79 bits per heavy atom. The van der Waals surface area contributed by atoms with E-state index in [0.717, 1.165) is 13.0 Å². The molecule has 5 heteroatoms. The van der Waals surface area contributed by atoms with Gasteiger partial charge < -0.3 is 5.32 Å². The molecule has 0 fully saturated rings. The van der Waals surface area contributed by atoms with Gasteiger partial charge in [-0.15, -0.1) is 11.6 Å². The normalized spacial score (nSPS) is 12.6. The molecule has 2 nitrogen and oxygen atoms in total. The second-order valence-corrected chi connectivity index (χ2v) is 4.57. The smallest absolute Gasteiger partial charge is 0.144 e. The molecule has 0 spiro atoms. The highest BCUT2D eigenvalue weighted by Crippen LogP contribution is 2.22. The van der Waals surface area contributed by atoms with Gasteiger partial charge in [-0.1, -0.05) is 23.2 Å². The quantitative estimate of drug-likeness (QED) is 0.825. The summed E-state index contributed by atoms with van der Waals surface area (Å²) in [5, 5.41) is 4.29. The van der Waals surface area contributed by atoms with Crippen molar-refractivity contribution in [2.45, 2.75) is 18.7 Å². The van der Waals surface area contributed by atoms with Crippen LogP contribution >= 0.6 is 34.8 Å². The Morgan fingerprint density at radius 2 is 2.21 bits per heavy atom. The van der Waals surface area contributed by atoms with Gasteiger partial charge in [-0.05, 0) is 19.4 Å². The predicted molar refractivity (Wildman–Crippen MR) is 62.7 cm³/mol. The number of hydrogen-bond donors (Lipinski definition) is 1. The van der Waals surface area contributed by atoms with Gasteiger partial charge in [0.05, 0.1) is 10.0 Å². The minimum Gasteiger partial charge on any atom is -0.369 e. The van der Waals surface area contributed by atoms with E-state index in [1.165, 1.54) is 0 Å². The highest BCUT2D eigenvalue weighted by molar-refractivity contribution is 6.35. The summed E-state index contributed by atoms with van der Waals surface area (Å²) in [6.45, 7) is 2.69. The van der Waals surface area contributed by atoms with Gasteiger partial charge in [0.25, 0.3) is 0 Å². The number of nitrogens with one attached hydrogen (secondary N) is 1. The molecule has 1 rings (SSSR count). The van der Waals surface area contributed by atoms with Crippen molar-refractivity contribution >= 4 is 40.6 Å². The molecule has 0 saturated heterocycles. The molecule has 1 N–H and O–H groups in total. The molecule has 1 aromatic rings. The van der Waals surface area contributed by atoms with Crippen molar-refractivity contribution < 1.29 is 0 Å². The standard InChI is InChI=1S/C9H11Cl3N2/c1-6(10)2-3-13-9-8(12)4-7(11)5-14-9/h4-6H,2-3H2,1H3,(H,13,14). The van der Waals surface area contributed by atoms with E-state index in [2.05, 4.69) is 10.3 Å². The van der Waals surface area contributed by atoms with Gasteiger partial charge in [0.2, 0.25) is 0 Å². The Hall–Kier alpha value is -0.180. The molecule has 1 atom stereocenters. The lowest BCUT2D eigenvalue weighted by molar-refractivity contribution is 0.839. The molecule has 1 unspecified atom stereocenters. The zero-order valence-corrected chi connectivity index (χ0v) is 10.00. The molecule has 14 heavy (non-hydrogen) atoms. The maximum absolute atomic E-state index is 5.90. The SMILES string of the molecule is CC(Cl)CCNc1ncc(Cl)cc1Cl. The number of anilines is 1. The summed E-state index contributed by atoms with van der Waals surface area (Å²) in [5.41, 5.74) is 0. The Bertz CT molecular complexity index is 302. The third kappa shape index (κ3) is 3.91. The van der Waals surface area contributed by atoms with Crippen molar-refractivity contribution in [1.29, 1.82) is 0 Å². The van der Waals surface area contributed by atoms with Crippen molar-refractivity contribution in [1.82, 2.24) is 4.98 Å². The average Bonchev–Trinajstić information content (AvgIpc) is 2.08. The number of halogens is 3. The molecule has 0 amide bonds. The van der Waals surface area contributed by atoms with Gasteiger partial charge in [0, 0.05) is 18.1 Å². The van der Waals surface area contributed by atoms with E-state index in [0.29, 0.717) is 15.9 Å². The van der Waals surface area contributed by atoms with E-state index in [4.69, 9.17) is 34.8 Å². The predicted octanol–water partition coefficient (Wildman–Crippen LogP) is 3.82. The maximum Gasteiger partial charge on any atom is 0.144 e. The number of alkyl halides is 1. The fourth-order valence-electron chi connectivity index (χ4n) is 0.934. The van der Waals surface area contributed by atoms with Crippen LogP contribution in [-0.2, 0) is 0 Å². The third-order valence-corrected chi connectivity index (χ3v) is 2.36. The van der Waals surface area contributed by atoms with Crippen LogP contribution in [0.15, 0.2) is 12.3 Å². The van der Waals surface area contributed by atoms with E-state index in [9.17, 15) is 0 Å². The van der Waals surface area contributed by atoms with Crippen LogP contribution in [0.2, 0.25) is 10.0 Å². The Morgan fingerprint density at radius 1 is 1.50 bits per heavy atom. The summed E-state index contributed by atoms with van der Waals surface area (Å²) in [6.07, 6.45) is 2.42. The zero-order valence-electron chi connectivity index (χ0n) is 7.73. The fourth-order valence-corrected chi connectivity index (χ4v) is 1.49. The summed E-state index contributed by atoms with van der Waals surface area (Å²) >= 11 is 17.4. The Kier molecular flexibility index (Phi) is 4.79. The Labute approximate surface area is 98.6 Å². The third-order valence-electron chi connectivity index (χ3n) is 1.64. The van der Waals surface area contributed by atoms with Crippen molar-refractivity contribution in [3.05, 3.63) is 22.3 Å². The molecule has 0 aliphatic rings. The first kappa shape index (κ1) is 11.9. The minimum atomic E-state index is 0.147. The summed E-state index contributed by atoms with van der Waals surface area (Å²) in [5.74, 6) is 0.647. The Balaban J connectivity index is 2.51. The molecule has 1 aromatic heterocycles. The molecule has 0 saturated carbocycles. The van der Waals surface area contributed by atoms with Crippen molar-refractivity contribution in [2.24, 2.45) is 0 Å². The van der Waals surface area contributed by atoms with Gasteiger partial charge in [0.15, 0.2) is 0 Å². The highest BCUT2D eigenvalue weighted by atomic mass is 35.5. The van der Waals surface area contributed by atoms with Gasteiger partial charge in [-0.25, -0.2) is 4.98 Å². The first-order valence-electron chi connectivity index (χ1n) is 4.28. The maximum atomic E-state index is 5.90. The van der Waals surface area contributed by atoms with Crippen LogP contribution in [0.1, 0.15) is 13.3 Å². The van der Waals surface area contributed by atoms with Crippen molar-refractivity contribution in [3.8, 4) is 0 Å². The van der Waals surface area contributed by atoms with E-state index >= 15 is 0 Å². The number of aromatic nitrogens is 1. The van der Waals surface area contributed by atoms with Crippen LogP contribution in [0.4, 0.5) is 5.82 Å². The number of nitrogens with zero attached hydrogens (tertiary/aromatic N) is 1. The summed E-state index contributed by atoms with van der Waals surface area (Å²) in [4.78, 5) is 4.06. The number of rotatable bonds is 4. The first-order valence-corrected chi connectivity index (χ1v) is 5.48. The van der Waals surface area contributed by atoms with Gasteiger partial charge in [-0.3, -0.25) is 0 Å². The molecule has 0 aliphatic heterocycles. The van der Waals surface area contributed by atoms with Crippen LogP contribution in [0.3, 0.4) is 0 Å². The molecule has 0 radical (unpaired) electrons. The lowest BCUT2D eigenvalue weighted by Crippen LogP contribution is -2.07. The van der Waals surface area contributed by atoms with Crippen LogP contribution in [0.5, 0.6) is 0 Å². The zero-order chi connectivity index (χ0) is 10.6. The molecular weight excluding hydrogens is 242 g/mol. The second-order valence-electron chi connectivity index (χ2n) is 2.98. The first-order chi connectivity index (χ1) is 6.59. The summed E-state index contributed by atoms with van der Waals surface area (Å²) < 4.78 is 0. The molecular formula is C9H11Cl3N2. The molecule has 0 aliphatic carbocycles. The monoisotopic (exact) mass is 252 g/mol. The van der Waals surface area contributed by atoms with E-state index < -0.39 is 0 Å². The van der Waals surface area contributed by atoms with Crippen LogP contribution < -0.4 is 5.32 Å². The van der Waals surface area contributed by atoms with Crippen molar-refractivity contribution in [2.75, 3.05) is 11.9 Å². The number of hydrogen-bond acceptors (Lipinski definition) is 2. The van der Waals surface area contributed by atoms with E-state index in [-0.39, 0.29) is 5.38 Å². The fraction of sp³-hybridized carbons (Fsp3) is 0.444. The summed E-state index contributed by atoms with van der Waals surface area (Å²) in [6, 6.07) is 1.66. The van der Waals surface area contributed by atoms with Gasteiger partial charge in [0.1, 0.15) is 5.82 Å². The highest BCUT2D eigenvalue weighted by Gasteiger charge is 2.02. The topological polar surface area (TPSA) is 24.9 Å². The lowest BCUT2D eigenvalue weighted by atomic mass is 10.3. The number of pyridine rings is 1. The average molecular weight is 254 g/mol.